The molecule has 0 radical (unpaired) electrons. The van der Waals surface area contributed by atoms with Gasteiger partial charge in [0, 0.05) is 13.1 Å². The zero-order valence-corrected chi connectivity index (χ0v) is 15.1. The Balaban J connectivity index is 4.11. The fraction of sp³-hybridized carbons (Fsp3) is 0.857. The fourth-order valence-corrected chi connectivity index (χ4v) is 2.91. The smallest absolute Gasteiger partial charge is 0.220 e. The largest absolute Gasteiger partial charge is 0.476 e. The molecule has 0 spiro atoms. The van der Waals surface area contributed by atoms with Gasteiger partial charge in [0.25, 0.3) is 0 Å². The van der Waals surface area contributed by atoms with E-state index < -0.39 is 0 Å². The lowest BCUT2D eigenvalue weighted by Gasteiger charge is -2.25. The Hall–Kier alpha value is 0.130. The Labute approximate surface area is 133 Å². The van der Waals surface area contributed by atoms with Crippen LogP contribution in [0.25, 0.3) is 0 Å². The van der Waals surface area contributed by atoms with Crippen LogP contribution < -0.4 is 0 Å². The maximum absolute atomic E-state index is 5.52. The topological polar surface area (TPSA) is 12.5 Å². The molecule has 0 heterocycles. The molecule has 0 aliphatic carbocycles. The summed E-state index contributed by atoms with van der Waals surface area (Å²) in [6, 6.07) is 0. The van der Waals surface area contributed by atoms with Gasteiger partial charge in [-0.2, -0.15) is 0 Å². The van der Waals surface area contributed by atoms with Gasteiger partial charge >= 0.3 is 0 Å². The zero-order chi connectivity index (χ0) is 14.7. The summed E-state index contributed by atoms with van der Waals surface area (Å²) in [6.45, 7) is 10.5. The summed E-state index contributed by atoms with van der Waals surface area (Å²) in [5.74, 6) is 0.758. The molecule has 0 aromatic heterocycles. The third-order valence-electron chi connectivity index (χ3n) is 2.56. The fourth-order valence-electron chi connectivity index (χ4n) is 1.50. The minimum absolute atomic E-state index is 0.143. The first-order valence-corrected chi connectivity index (χ1v) is 8.92. The molecule has 19 heavy (non-hydrogen) atoms. The quantitative estimate of drug-likeness (QED) is 0.571. The molecule has 0 atom stereocenters. The number of thioether (sulfide) groups is 1. The van der Waals surface area contributed by atoms with E-state index >= 15 is 0 Å². The van der Waals surface area contributed by atoms with Crippen molar-refractivity contribution >= 4 is 45.6 Å². The number of hydrogen-bond donors (Lipinski definition) is 0. The van der Waals surface area contributed by atoms with Crippen LogP contribution in [0.2, 0.25) is 0 Å². The molecule has 0 amide bonds. The Morgan fingerprint density at radius 3 is 2.05 bits per heavy atom. The summed E-state index contributed by atoms with van der Waals surface area (Å²) in [5, 5.41) is 0. The van der Waals surface area contributed by atoms with Gasteiger partial charge in [0.2, 0.25) is 4.38 Å². The molecule has 0 fully saturated rings. The predicted octanol–water partition coefficient (Wildman–Crippen LogP) is 4.66. The highest BCUT2D eigenvalue weighted by Crippen LogP contribution is 2.12. The summed E-state index contributed by atoms with van der Waals surface area (Å²) in [4.78, 5) is 3.33. The first-order chi connectivity index (χ1) is 9.01. The number of hydrogen-bond acceptors (Lipinski definition) is 4. The average Bonchev–Trinajstić information content (AvgIpc) is 2.35. The van der Waals surface area contributed by atoms with Gasteiger partial charge in [-0.25, -0.2) is 0 Å². The molecule has 0 aromatic carbocycles. The highest BCUT2D eigenvalue weighted by atomic mass is 32.2. The normalized spacial score (nSPS) is 10.6. The van der Waals surface area contributed by atoms with Gasteiger partial charge in [-0.15, -0.1) is 0 Å². The molecule has 0 bridgehead atoms. The summed E-state index contributed by atoms with van der Waals surface area (Å²) < 4.78 is 6.06. The number of thiocarbonyl (C=S) groups is 2. The van der Waals surface area contributed by atoms with Crippen LogP contribution in [0.1, 0.15) is 53.4 Å². The van der Waals surface area contributed by atoms with Crippen LogP contribution in [-0.2, 0) is 4.74 Å². The second-order valence-electron chi connectivity index (χ2n) is 4.79. The molecule has 0 saturated carbocycles. The van der Waals surface area contributed by atoms with Crippen molar-refractivity contribution in [1.82, 2.24) is 4.90 Å². The van der Waals surface area contributed by atoms with Gasteiger partial charge in [0.05, 0.1) is 16.8 Å². The third kappa shape index (κ3) is 10.6. The van der Waals surface area contributed by atoms with Crippen LogP contribution in [-0.4, -0.2) is 39.2 Å². The number of nitrogens with zero attached hydrogens (tertiary/aromatic N) is 1. The highest BCUT2D eigenvalue weighted by Gasteiger charge is 2.11. The Kier molecular flexibility index (Phi) is 12.0. The Morgan fingerprint density at radius 1 is 1.11 bits per heavy atom. The molecule has 0 saturated heterocycles. The molecule has 0 rings (SSSR count). The van der Waals surface area contributed by atoms with Gasteiger partial charge in [-0.05, 0) is 38.9 Å². The minimum Gasteiger partial charge on any atom is -0.476 e. The van der Waals surface area contributed by atoms with Gasteiger partial charge in [0.1, 0.15) is 0 Å². The summed E-state index contributed by atoms with van der Waals surface area (Å²) in [5.41, 5.74) is 0. The van der Waals surface area contributed by atoms with Crippen molar-refractivity contribution in [2.24, 2.45) is 0 Å². The average molecular weight is 322 g/mol. The van der Waals surface area contributed by atoms with E-state index in [-0.39, 0.29) is 6.10 Å². The van der Waals surface area contributed by atoms with Crippen molar-refractivity contribution < 1.29 is 4.74 Å². The first-order valence-electron chi connectivity index (χ1n) is 7.12. The lowest BCUT2D eigenvalue weighted by Crippen LogP contribution is -2.33. The van der Waals surface area contributed by atoms with Crippen molar-refractivity contribution in [2.75, 3.05) is 18.8 Å². The summed E-state index contributed by atoms with van der Waals surface area (Å²) in [6.07, 6.45) is 4.94. The van der Waals surface area contributed by atoms with Gasteiger partial charge in [-0.3, -0.25) is 0 Å². The number of rotatable bonds is 9. The van der Waals surface area contributed by atoms with Crippen molar-refractivity contribution in [1.29, 1.82) is 0 Å². The van der Waals surface area contributed by atoms with E-state index in [0.717, 1.165) is 23.8 Å². The van der Waals surface area contributed by atoms with Crippen LogP contribution in [0.5, 0.6) is 0 Å². The predicted molar refractivity (Wildman–Crippen MR) is 95.3 cm³/mol. The van der Waals surface area contributed by atoms with E-state index in [0.29, 0.717) is 4.38 Å². The second-order valence-corrected chi connectivity index (χ2v) is 6.84. The van der Waals surface area contributed by atoms with E-state index in [1.165, 1.54) is 37.4 Å². The molecule has 5 heteroatoms. The van der Waals surface area contributed by atoms with Crippen LogP contribution in [0.3, 0.4) is 0 Å². The van der Waals surface area contributed by atoms with Crippen molar-refractivity contribution in [3.63, 3.8) is 0 Å². The summed E-state index contributed by atoms with van der Waals surface area (Å²) >= 11 is 12.2. The van der Waals surface area contributed by atoms with Gasteiger partial charge in [0.15, 0.2) is 0 Å². The second kappa shape index (κ2) is 11.9. The number of unbranched alkanes of at least 4 members (excludes halogenated alkanes) is 2. The first kappa shape index (κ1) is 19.1. The molecule has 0 aliphatic heterocycles. The van der Waals surface area contributed by atoms with Crippen LogP contribution in [0, 0.1) is 0 Å². The van der Waals surface area contributed by atoms with Crippen molar-refractivity contribution in [2.45, 2.75) is 59.5 Å². The molecule has 112 valence electrons. The van der Waals surface area contributed by atoms with Gasteiger partial charge in [-0.1, -0.05) is 50.7 Å². The lowest BCUT2D eigenvalue weighted by molar-refractivity contribution is 0.243. The van der Waals surface area contributed by atoms with E-state index in [1.807, 2.05) is 13.8 Å². The molecule has 0 unspecified atom stereocenters. The van der Waals surface area contributed by atoms with E-state index in [2.05, 4.69) is 18.7 Å². The standard InChI is InChI=1S/C14H27NOS3/c1-5-7-9-15(10-8-6-2)13(17)11-19-14(18)16-12(3)4/h12H,5-11H2,1-4H3. The molecule has 0 N–H and O–H groups in total. The molecule has 0 aliphatic rings. The van der Waals surface area contributed by atoms with Crippen LogP contribution in [0.4, 0.5) is 0 Å². The van der Waals surface area contributed by atoms with Crippen LogP contribution in [0.15, 0.2) is 0 Å². The van der Waals surface area contributed by atoms with Crippen molar-refractivity contribution in [3.8, 4) is 0 Å². The molecular weight excluding hydrogens is 294 g/mol. The van der Waals surface area contributed by atoms with Crippen molar-refractivity contribution in [3.05, 3.63) is 0 Å². The van der Waals surface area contributed by atoms with Gasteiger partial charge < -0.3 is 9.64 Å². The maximum atomic E-state index is 5.52. The molecular formula is C14H27NOS3. The number of ether oxygens (including phenoxy) is 1. The summed E-state index contributed by atoms with van der Waals surface area (Å²) in [7, 11) is 0. The molecule has 0 aromatic rings. The Morgan fingerprint density at radius 2 is 1.63 bits per heavy atom. The third-order valence-corrected chi connectivity index (χ3v) is 4.35. The Bertz CT molecular complexity index is 261. The van der Waals surface area contributed by atoms with E-state index in [4.69, 9.17) is 29.2 Å². The monoisotopic (exact) mass is 321 g/mol. The van der Waals surface area contributed by atoms with Crippen LogP contribution >= 0.6 is 36.2 Å². The highest BCUT2D eigenvalue weighted by molar-refractivity contribution is 8.23. The SMILES string of the molecule is CCCCN(CCCC)C(=S)CSC(=S)OC(C)C. The minimum atomic E-state index is 0.143. The molecule has 2 nitrogen and oxygen atoms in total. The van der Waals surface area contributed by atoms with E-state index in [1.54, 1.807) is 0 Å². The zero-order valence-electron chi connectivity index (χ0n) is 12.6. The maximum Gasteiger partial charge on any atom is 0.220 e. The van der Waals surface area contributed by atoms with E-state index in [9.17, 15) is 0 Å². The lowest BCUT2D eigenvalue weighted by atomic mass is 10.2.